The van der Waals surface area contributed by atoms with Crippen molar-refractivity contribution in [2.24, 2.45) is 0 Å². The lowest BCUT2D eigenvalue weighted by Gasteiger charge is -2.32. The Morgan fingerprint density at radius 2 is 1.96 bits per heavy atom. The van der Waals surface area contributed by atoms with Crippen LogP contribution in [0.25, 0.3) is 10.9 Å². The highest BCUT2D eigenvalue weighted by Gasteiger charge is 2.31. The lowest BCUT2D eigenvalue weighted by molar-refractivity contribution is -0.117. The van der Waals surface area contributed by atoms with Crippen molar-refractivity contribution in [2.75, 3.05) is 10.6 Å². The molecule has 2 amide bonds. The first-order valence-electron chi connectivity index (χ1n) is 8.53. The van der Waals surface area contributed by atoms with Gasteiger partial charge in [-0.1, -0.05) is 38.1 Å². The number of aromatic nitrogens is 1. The predicted molar refractivity (Wildman–Crippen MR) is 102 cm³/mol. The summed E-state index contributed by atoms with van der Waals surface area (Å²) in [4.78, 5) is 29.0. The van der Waals surface area contributed by atoms with Gasteiger partial charge in [-0.15, -0.1) is 0 Å². The summed E-state index contributed by atoms with van der Waals surface area (Å²) in [5.41, 5.74) is 3.60. The monoisotopic (exact) mass is 345 g/mol. The van der Waals surface area contributed by atoms with E-state index in [-0.39, 0.29) is 17.2 Å². The molecule has 0 aliphatic carbocycles. The maximum atomic E-state index is 12.8. The highest BCUT2D eigenvalue weighted by Crippen LogP contribution is 2.38. The Balaban J connectivity index is 1.66. The molecule has 2 N–H and O–H groups in total. The number of rotatable bonds is 2. The van der Waals surface area contributed by atoms with Crippen LogP contribution >= 0.6 is 0 Å². The molecular weight excluding hydrogens is 326 g/mol. The molecule has 1 aliphatic rings. The Kier molecular flexibility index (Phi) is 3.72. The second kappa shape index (κ2) is 5.95. The van der Waals surface area contributed by atoms with Gasteiger partial charge >= 0.3 is 0 Å². The number of carbonyl (C=O) groups excluding carboxylic acids is 2. The Hall–Kier alpha value is -3.21. The Morgan fingerprint density at radius 3 is 2.81 bits per heavy atom. The van der Waals surface area contributed by atoms with E-state index in [0.29, 0.717) is 17.7 Å². The molecular formula is C21H19N3O2. The zero-order valence-electron chi connectivity index (χ0n) is 14.7. The van der Waals surface area contributed by atoms with E-state index in [1.807, 2.05) is 56.3 Å². The van der Waals surface area contributed by atoms with Crippen LogP contribution in [0, 0.1) is 0 Å². The van der Waals surface area contributed by atoms with Crippen LogP contribution < -0.4 is 10.6 Å². The third-order valence-electron chi connectivity index (χ3n) is 4.78. The summed E-state index contributed by atoms with van der Waals surface area (Å²) < 4.78 is 0. The van der Waals surface area contributed by atoms with Gasteiger partial charge in [0.05, 0.1) is 11.1 Å². The molecule has 5 heteroatoms. The quantitative estimate of drug-likeness (QED) is 0.734. The molecule has 0 fully saturated rings. The van der Waals surface area contributed by atoms with Gasteiger partial charge < -0.3 is 10.6 Å². The van der Waals surface area contributed by atoms with E-state index < -0.39 is 0 Å². The molecule has 3 aromatic rings. The molecule has 0 saturated carbocycles. The summed E-state index contributed by atoms with van der Waals surface area (Å²) in [6.45, 7) is 4.10. The number of nitrogens with one attached hydrogen (secondary N) is 2. The fraction of sp³-hybridized carbons (Fsp3) is 0.190. The van der Waals surface area contributed by atoms with Crippen LogP contribution in [0.4, 0.5) is 11.4 Å². The van der Waals surface area contributed by atoms with E-state index in [9.17, 15) is 9.59 Å². The van der Waals surface area contributed by atoms with Crippen molar-refractivity contribution in [3.8, 4) is 0 Å². The number of hydrogen-bond acceptors (Lipinski definition) is 3. The van der Waals surface area contributed by atoms with Crippen LogP contribution in [-0.2, 0) is 10.2 Å². The van der Waals surface area contributed by atoms with Gasteiger partial charge in [-0.25, -0.2) is 0 Å². The van der Waals surface area contributed by atoms with Gasteiger partial charge in [-0.2, -0.15) is 0 Å². The normalized spacial score (nSPS) is 15.2. The molecule has 0 spiro atoms. The van der Waals surface area contributed by atoms with E-state index in [1.165, 1.54) is 0 Å². The van der Waals surface area contributed by atoms with Gasteiger partial charge in [0.2, 0.25) is 5.91 Å². The molecule has 1 aliphatic heterocycles. The van der Waals surface area contributed by atoms with Gasteiger partial charge in [0.15, 0.2) is 0 Å². The van der Waals surface area contributed by atoms with Crippen LogP contribution in [0.1, 0.15) is 36.2 Å². The first kappa shape index (κ1) is 16.3. The topological polar surface area (TPSA) is 71.1 Å². The van der Waals surface area contributed by atoms with Crippen molar-refractivity contribution >= 4 is 34.1 Å². The minimum absolute atomic E-state index is 0.00824. The van der Waals surface area contributed by atoms with E-state index >= 15 is 0 Å². The number of para-hydroxylation sites is 1. The second-order valence-electron chi connectivity index (χ2n) is 7.20. The number of anilines is 2. The molecule has 0 bridgehead atoms. The molecule has 26 heavy (non-hydrogen) atoms. The standard InChI is InChI=1S/C21H19N3O2/c1-21(2)12-19(25)24-18-11-13(7-8-16(18)21)23-20(26)15-9-10-22-17-6-4-3-5-14(15)17/h3-11H,12H2,1-2H3,(H,23,26)(H,24,25). The number of fused-ring (bicyclic) bond motifs is 2. The largest absolute Gasteiger partial charge is 0.326 e. The highest BCUT2D eigenvalue weighted by atomic mass is 16.2. The molecule has 1 aromatic heterocycles. The minimum Gasteiger partial charge on any atom is -0.326 e. The smallest absolute Gasteiger partial charge is 0.256 e. The summed E-state index contributed by atoms with van der Waals surface area (Å²) in [6.07, 6.45) is 2.08. The van der Waals surface area contributed by atoms with Crippen LogP contribution in [0.3, 0.4) is 0 Å². The summed E-state index contributed by atoms with van der Waals surface area (Å²) >= 11 is 0. The lowest BCUT2D eigenvalue weighted by Crippen LogP contribution is -2.32. The van der Waals surface area contributed by atoms with Crippen LogP contribution in [0.15, 0.2) is 54.7 Å². The fourth-order valence-corrected chi connectivity index (χ4v) is 3.50. The Bertz CT molecular complexity index is 1040. The maximum Gasteiger partial charge on any atom is 0.256 e. The van der Waals surface area contributed by atoms with Gasteiger partial charge in [0, 0.05) is 34.8 Å². The van der Waals surface area contributed by atoms with Crippen molar-refractivity contribution in [3.05, 3.63) is 65.9 Å². The third-order valence-corrected chi connectivity index (χ3v) is 4.78. The van der Waals surface area contributed by atoms with Gasteiger partial charge in [-0.05, 0) is 29.8 Å². The van der Waals surface area contributed by atoms with E-state index in [0.717, 1.165) is 22.2 Å². The average molecular weight is 345 g/mol. The average Bonchev–Trinajstić information content (AvgIpc) is 2.60. The molecule has 0 saturated heterocycles. The SMILES string of the molecule is CC1(C)CC(=O)Nc2cc(NC(=O)c3ccnc4ccccc34)ccc21. The molecule has 2 heterocycles. The summed E-state index contributed by atoms with van der Waals surface area (Å²) in [5.74, 6) is -0.212. The fourth-order valence-electron chi connectivity index (χ4n) is 3.50. The van der Waals surface area contributed by atoms with E-state index in [2.05, 4.69) is 15.6 Å². The zero-order chi connectivity index (χ0) is 18.3. The number of pyridine rings is 1. The van der Waals surface area contributed by atoms with E-state index in [4.69, 9.17) is 0 Å². The Labute approximate surface area is 151 Å². The maximum absolute atomic E-state index is 12.8. The van der Waals surface area contributed by atoms with Crippen LogP contribution in [-0.4, -0.2) is 16.8 Å². The van der Waals surface area contributed by atoms with Crippen molar-refractivity contribution in [3.63, 3.8) is 0 Å². The van der Waals surface area contributed by atoms with Crippen LogP contribution in [0.2, 0.25) is 0 Å². The van der Waals surface area contributed by atoms with Gasteiger partial charge in [0.1, 0.15) is 0 Å². The van der Waals surface area contributed by atoms with Crippen molar-refractivity contribution in [2.45, 2.75) is 25.7 Å². The van der Waals surface area contributed by atoms with E-state index in [1.54, 1.807) is 12.3 Å². The minimum atomic E-state index is -0.221. The van der Waals surface area contributed by atoms with Crippen LogP contribution in [0.5, 0.6) is 0 Å². The first-order valence-corrected chi connectivity index (χ1v) is 8.53. The predicted octanol–water partition coefficient (Wildman–Crippen LogP) is 4.11. The van der Waals surface area contributed by atoms with Gasteiger partial charge in [0.25, 0.3) is 5.91 Å². The molecule has 0 radical (unpaired) electrons. The number of hydrogen-bond donors (Lipinski definition) is 2. The number of carbonyl (C=O) groups is 2. The van der Waals surface area contributed by atoms with Crippen molar-refractivity contribution in [1.82, 2.24) is 4.98 Å². The lowest BCUT2D eigenvalue weighted by atomic mass is 9.78. The molecule has 0 atom stereocenters. The molecule has 130 valence electrons. The highest BCUT2D eigenvalue weighted by molar-refractivity contribution is 6.12. The summed E-state index contributed by atoms with van der Waals surface area (Å²) in [5, 5.41) is 6.63. The molecule has 5 nitrogen and oxygen atoms in total. The molecule has 0 unspecified atom stereocenters. The molecule has 2 aromatic carbocycles. The Morgan fingerprint density at radius 1 is 1.15 bits per heavy atom. The third kappa shape index (κ3) is 2.81. The second-order valence-corrected chi connectivity index (χ2v) is 7.20. The summed E-state index contributed by atoms with van der Waals surface area (Å²) in [6, 6.07) is 14.9. The molecule has 4 rings (SSSR count). The number of nitrogens with zero attached hydrogens (tertiary/aromatic N) is 1. The zero-order valence-corrected chi connectivity index (χ0v) is 14.7. The number of benzene rings is 2. The first-order chi connectivity index (χ1) is 12.4. The van der Waals surface area contributed by atoms with Gasteiger partial charge in [-0.3, -0.25) is 14.6 Å². The summed E-state index contributed by atoms with van der Waals surface area (Å²) in [7, 11) is 0. The van der Waals surface area contributed by atoms with Crippen molar-refractivity contribution < 1.29 is 9.59 Å². The van der Waals surface area contributed by atoms with Crippen molar-refractivity contribution in [1.29, 1.82) is 0 Å². The number of amides is 2.